The van der Waals surface area contributed by atoms with Crippen LogP contribution in [0.1, 0.15) is 57.7 Å². The number of nitrogens with zero attached hydrogens (tertiary/aromatic N) is 6. The minimum absolute atomic E-state index is 0.0512. The van der Waals surface area contributed by atoms with E-state index in [4.69, 9.17) is 9.72 Å². The van der Waals surface area contributed by atoms with Gasteiger partial charge < -0.3 is 24.4 Å². The summed E-state index contributed by atoms with van der Waals surface area (Å²) in [5, 5.41) is 0.571. The number of halogens is 4. The molecule has 264 valence electrons. The highest BCUT2D eigenvalue weighted by Crippen LogP contribution is 2.36. The van der Waals surface area contributed by atoms with Gasteiger partial charge in [-0.05, 0) is 54.4 Å². The maximum absolute atomic E-state index is 14.2. The molecule has 3 aromatic heterocycles. The molecule has 1 aromatic carbocycles. The van der Waals surface area contributed by atoms with Gasteiger partial charge in [-0.3, -0.25) is 19.5 Å². The Morgan fingerprint density at radius 1 is 1.00 bits per heavy atom. The van der Waals surface area contributed by atoms with Crippen LogP contribution >= 0.6 is 0 Å². The third kappa shape index (κ3) is 7.04. The lowest BCUT2D eigenvalue weighted by Crippen LogP contribution is -2.51. The van der Waals surface area contributed by atoms with Crippen LogP contribution in [-0.4, -0.2) is 105 Å². The van der Waals surface area contributed by atoms with Crippen LogP contribution in [0.15, 0.2) is 48.8 Å². The zero-order valence-electron chi connectivity index (χ0n) is 28.0. The molecule has 2 fully saturated rings. The first-order valence-corrected chi connectivity index (χ1v) is 16.9. The lowest BCUT2D eigenvalue weighted by Gasteiger charge is -2.34. The summed E-state index contributed by atoms with van der Waals surface area (Å²) < 4.78 is 62.2. The summed E-state index contributed by atoms with van der Waals surface area (Å²) in [6.45, 7) is 6.00. The van der Waals surface area contributed by atoms with Crippen LogP contribution < -0.4 is 4.74 Å². The number of carbonyl (C=O) groups excluding carboxylic acids is 2. The second-order valence-corrected chi connectivity index (χ2v) is 13.5. The number of amides is 2. The van der Waals surface area contributed by atoms with E-state index in [0.29, 0.717) is 54.2 Å². The van der Waals surface area contributed by atoms with E-state index < -0.39 is 17.9 Å². The van der Waals surface area contributed by atoms with Crippen LogP contribution in [0.2, 0.25) is 0 Å². The quantitative estimate of drug-likeness (QED) is 0.248. The molecule has 0 bridgehead atoms. The average molecular weight is 694 g/mol. The molecule has 10 nitrogen and oxygen atoms in total. The molecule has 0 radical (unpaired) electrons. The minimum Gasteiger partial charge on any atom is -0.455 e. The van der Waals surface area contributed by atoms with Crippen molar-refractivity contribution in [3.63, 3.8) is 0 Å². The van der Waals surface area contributed by atoms with Gasteiger partial charge in [0.1, 0.15) is 29.0 Å². The summed E-state index contributed by atoms with van der Waals surface area (Å²) in [5.74, 6) is 0.228. The largest absolute Gasteiger partial charge is 0.455 e. The van der Waals surface area contributed by atoms with Crippen LogP contribution in [0.4, 0.5) is 17.6 Å². The zero-order chi connectivity index (χ0) is 35.2. The number of carbonyl (C=O) groups is 2. The molecule has 2 amide bonds. The van der Waals surface area contributed by atoms with Gasteiger partial charge in [0.05, 0.1) is 42.4 Å². The first-order valence-electron chi connectivity index (χ1n) is 16.9. The van der Waals surface area contributed by atoms with Gasteiger partial charge in [-0.15, -0.1) is 0 Å². The van der Waals surface area contributed by atoms with Crippen molar-refractivity contribution in [1.82, 2.24) is 34.6 Å². The number of hydrogen-bond donors (Lipinski definition) is 1. The summed E-state index contributed by atoms with van der Waals surface area (Å²) in [6.07, 6.45) is -1.82. The van der Waals surface area contributed by atoms with Gasteiger partial charge in [0, 0.05) is 57.9 Å². The first kappa shape index (κ1) is 33.9. The topological polar surface area (TPSA) is 97.9 Å². The maximum atomic E-state index is 14.2. The predicted molar refractivity (Wildman–Crippen MR) is 178 cm³/mol. The van der Waals surface area contributed by atoms with Gasteiger partial charge in [-0.25, -0.2) is 9.37 Å². The van der Waals surface area contributed by atoms with E-state index >= 15 is 0 Å². The molecule has 0 aliphatic carbocycles. The number of aromatic nitrogens is 3. The summed E-state index contributed by atoms with van der Waals surface area (Å²) in [7, 11) is 2.00. The van der Waals surface area contributed by atoms with Crippen LogP contribution in [0.25, 0.3) is 11.0 Å². The average Bonchev–Trinajstić information content (AvgIpc) is 3.53. The molecule has 1 atom stereocenters. The highest BCUT2D eigenvalue weighted by molar-refractivity contribution is 5.99. The SMILES string of the molecule is CC[C@H]1CN(C(=O)Cc2ccc(CN3CCN(C)CC3)c(C(F)(F)F)c2)Cc2cc(Oc3ccnc4[nH]c(C(=O)N5CC(F)C5)cc34)cnc21. The van der Waals surface area contributed by atoms with Crippen LogP contribution in [0.3, 0.4) is 0 Å². The van der Waals surface area contributed by atoms with Gasteiger partial charge in [0.25, 0.3) is 5.91 Å². The van der Waals surface area contributed by atoms with Crippen molar-refractivity contribution in [2.24, 2.45) is 0 Å². The lowest BCUT2D eigenvalue weighted by atomic mass is 9.92. The molecule has 1 N–H and O–H groups in total. The molecule has 0 unspecified atom stereocenters. The molecule has 0 spiro atoms. The Morgan fingerprint density at radius 3 is 2.50 bits per heavy atom. The number of ether oxygens (including phenoxy) is 1. The lowest BCUT2D eigenvalue weighted by molar-refractivity contribution is -0.139. The molecule has 6 heterocycles. The Kier molecular flexibility index (Phi) is 9.24. The normalized spacial score (nSPS) is 19.0. The van der Waals surface area contributed by atoms with Gasteiger partial charge in [0.2, 0.25) is 5.91 Å². The van der Waals surface area contributed by atoms with E-state index in [-0.39, 0.29) is 61.6 Å². The number of benzene rings is 1. The molecule has 2 saturated heterocycles. The number of alkyl halides is 4. The minimum atomic E-state index is -4.54. The Hall–Kier alpha value is -4.56. The van der Waals surface area contributed by atoms with Crippen LogP contribution in [-0.2, 0) is 30.5 Å². The zero-order valence-corrected chi connectivity index (χ0v) is 28.0. The number of hydrogen-bond acceptors (Lipinski definition) is 7. The smallest absolute Gasteiger partial charge is 0.416 e. The predicted octanol–water partition coefficient (Wildman–Crippen LogP) is 5.39. The Labute approximate surface area is 287 Å². The van der Waals surface area contributed by atoms with Crippen molar-refractivity contribution in [1.29, 1.82) is 0 Å². The molecule has 50 heavy (non-hydrogen) atoms. The first-order chi connectivity index (χ1) is 23.9. The van der Waals surface area contributed by atoms with Crippen molar-refractivity contribution in [3.05, 3.63) is 82.4 Å². The summed E-state index contributed by atoms with van der Waals surface area (Å²) in [4.78, 5) is 45.7. The standard InChI is InChI=1S/C36H39F4N7O3/c1-3-23-18-46(32(48)13-22-4-5-24(29(12-22)36(38,39)40)17-45-10-8-44(2)9-11-45)19-25-14-27(16-42-33(23)25)50-31-6-7-41-34-28(31)15-30(43-34)35(49)47-20-26(37)21-47/h4-7,12,14-16,23,26H,3,8-11,13,17-21H2,1-2H3,(H,41,43)/t23-/m0/s1. The number of aromatic amines is 1. The fraction of sp³-hybridized carbons (Fsp3) is 0.444. The Balaban J connectivity index is 1.07. The van der Waals surface area contributed by atoms with Crippen LogP contribution in [0, 0.1) is 0 Å². The van der Waals surface area contributed by atoms with Gasteiger partial charge in [-0.2, -0.15) is 13.2 Å². The summed E-state index contributed by atoms with van der Waals surface area (Å²) in [5.41, 5.74) is 2.22. The number of likely N-dealkylation sites (N-methyl/N-ethyl adjacent to an activating group) is 1. The second kappa shape index (κ2) is 13.6. The summed E-state index contributed by atoms with van der Waals surface area (Å²) >= 11 is 0. The Morgan fingerprint density at radius 2 is 1.78 bits per heavy atom. The highest BCUT2D eigenvalue weighted by atomic mass is 19.4. The number of H-pyrrole nitrogens is 1. The van der Waals surface area contributed by atoms with E-state index in [1.54, 1.807) is 35.5 Å². The highest BCUT2D eigenvalue weighted by Gasteiger charge is 2.35. The number of fused-ring (bicyclic) bond motifs is 2. The molecule has 3 aliphatic heterocycles. The van der Waals surface area contributed by atoms with Gasteiger partial charge >= 0.3 is 6.18 Å². The third-order valence-corrected chi connectivity index (χ3v) is 9.91. The van der Waals surface area contributed by atoms with Crippen molar-refractivity contribution >= 4 is 22.8 Å². The number of nitrogens with one attached hydrogen (secondary N) is 1. The van der Waals surface area contributed by atoms with Gasteiger partial charge in [0.15, 0.2) is 0 Å². The van der Waals surface area contributed by atoms with Crippen molar-refractivity contribution in [2.75, 3.05) is 52.9 Å². The fourth-order valence-corrected chi connectivity index (χ4v) is 6.95. The molecular formula is C36H39F4N7O3. The monoisotopic (exact) mass is 693 g/mol. The van der Waals surface area contributed by atoms with Crippen LogP contribution in [0.5, 0.6) is 11.5 Å². The molecule has 14 heteroatoms. The maximum Gasteiger partial charge on any atom is 0.416 e. The van der Waals surface area contributed by atoms with Crippen molar-refractivity contribution in [2.45, 2.75) is 51.1 Å². The van der Waals surface area contributed by atoms with Gasteiger partial charge in [-0.1, -0.05) is 19.1 Å². The molecule has 0 saturated carbocycles. The van der Waals surface area contributed by atoms with Crippen molar-refractivity contribution in [3.8, 4) is 11.5 Å². The number of piperazine rings is 1. The van der Waals surface area contributed by atoms with E-state index in [1.165, 1.54) is 11.0 Å². The molecular weight excluding hydrogens is 654 g/mol. The number of rotatable bonds is 8. The summed E-state index contributed by atoms with van der Waals surface area (Å²) in [6, 6.07) is 9.41. The Bertz CT molecular complexity index is 1900. The number of pyridine rings is 2. The number of likely N-dealkylation sites (tertiary alicyclic amines) is 1. The van der Waals surface area contributed by atoms with E-state index in [9.17, 15) is 27.2 Å². The second-order valence-electron chi connectivity index (χ2n) is 13.5. The van der Waals surface area contributed by atoms with E-state index in [1.807, 2.05) is 24.9 Å². The van der Waals surface area contributed by atoms with Crippen molar-refractivity contribution < 1.29 is 31.9 Å². The van der Waals surface area contributed by atoms with E-state index in [0.717, 1.165) is 30.4 Å². The molecule has 3 aliphatic rings. The molecule has 4 aromatic rings. The third-order valence-electron chi connectivity index (χ3n) is 9.91. The molecule has 7 rings (SSSR count). The fourth-order valence-electron chi connectivity index (χ4n) is 6.95. The van der Waals surface area contributed by atoms with E-state index in [2.05, 4.69) is 14.9 Å².